The number of nitrogens with zero attached hydrogens (tertiary/aromatic N) is 1. The van der Waals surface area contributed by atoms with Gasteiger partial charge in [0.2, 0.25) is 0 Å². The van der Waals surface area contributed by atoms with Crippen molar-refractivity contribution in [1.29, 1.82) is 0 Å². The Morgan fingerprint density at radius 1 is 1.44 bits per heavy atom. The van der Waals surface area contributed by atoms with E-state index in [0.29, 0.717) is 5.69 Å². The lowest BCUT2D eigenvalue weighted by molar-refractivity contribution is 0.282. The Bertz CT molecular complexity index is 426. The minimum Gasteiger partial charge on any atom is -0.481 e. The Hall–Kier alpha value is -1.71. The van der Waals surface area contributed by atoms with Crippen molar-refractivity contribution in [2.75, 3.05) is 11.1 Å². The highest BCUT2D eigenvalue weighted by Crippen LogP contribution is 2.31. The Morgan fingerprint density at radius 2 is 2.19 bits per heavy atom. The van der Waals surface area contributed by atoms with Gasteiger partial charge in [0, 0.05) is 17.8 Å². The maximum Gasteiger partial charge on any atom is 0.153 e. The second-order valence-electron chi connectivity index (χ2n) is 4.25. The SMILES string of the molecule is CC(C)N=C1Nc2ccc(N)cc2OC1C. The van der Waals surface area contributed by atoms with Gasteiger partial charge in [-0.1, -0.05) is 0 Å². The molecule has 1 aromatic carbocycles. The van der Waals surface area contributed by atoms with E-state index in [0.717, 1.165) is 17.3 Å². The second-order valence-corrected chi connectivity index (χ2v) is 4.25. The van der Waals surface area contributed by atoms with E-state index in [2.05, 4.69) is 10.3 Å². The number of anilines is 2. The summed E-state index contributed by atoms with van der Waals surface area (Å²) >= 11 is 0. The van der Waals surface area contributed by atoms with E-state index >= 15 is 0 Å². The zero-order valence-corrected chi connectivity index (χ0v) is 9.82. The van der Waals surface area contributed by atoms with Crippen LogP contribution in [-0.2, 0) is 0 Å². The maximum absolute atomic E-state index is 5.75. The molecular weight excluding hydrogens is 202 g/mol. The highest BCUT2D eigenvalue weighted by molar-refractivity contribution is 6.01. The number of aliphatic imine (C=N–C) groups is 1. The van der Waals surface area contributed by atoms with Crippen LogP contribution in [0.2, 0.25) is 0 Å². The molecule has 0 spiro atoms. The maximum atomic E-state index is 5.75. The molecule has 86 valence electrons. The molecule has 4 nitrogen and oxygen atoms in total. The van der Waals surface area contributed by atoms with E-state index in [-0.39, 0.29) is 12.1 Å². The third-order valence-corrected chi connectivity index (χ3v) is 2.35. The normalized spacial score (nSPS) is 21.5. The average molecular weight is 219 g/mol. The Labute approximate surface area is 95.5 Å². The first-order chi connectivity index (χ1) is 7.56. The van der Waals surface area contributed by atoms with Crippen molar-refractivity contribution in [3.8, 4) is 5.75 Å². The van der Waals surface area contributed by atoms with Crippen LogP contribution < -0.4 is 15.8 Å². The van der Waals surface area contributed by atoms with Crippen LogP contribution in [-0.4, -0.2) is 18.0 Å². The minimum atomic E-state index is -0.0586. The molecule has 0 radical (unpaired) electrons. The van der Waals surface area contributed by atoms with Gasteiger partial charge in [0.1, 0.15) is 11.6 Å². The standard InChI is InChI=1S/C12H17N3O/c1-7(2)14-12-8(3)16-11-6-9(13)4-5-10(11)15-12/h4-8H,13H2,1-3H3,(H,14,15). The first kappa shape index (κ1) is 10.8. The summed E-state index contributed by atoms with van der Waals surface area (Å²) in [6, 6.07) is 5.83. The molecule has 4 heteroatoms. The summed E-state index contributed by atoms with van der Waals surface area (Å²) in [5.41, 5.74) is 7.33. The van der Waals surface area contributed by atoms with Gasteiger partial charge < -0.3 is 15.8 Å². The fourth-order valence-electron chi connectivity index (χ4n) is 1.64. The first-order valence-electron chi connectivity index (χ1n) is 5.47. The molecule has 2 rings (SSSR count). The molecule has 1 aliphatic rings. The molecule has 3 N–H and O–H groups in total. The van der Waals surface area contributed by atoms with Gasteiger partial charge in [-0.15, -0.1) is 0 Å². The van der Waals surface area contributed by atoms with Crippen molar-refractivity contribution >= 4 is 17.2 Å². The van der Waals surface area contributed by atoms with E-state index in [4.69, 9.17) is 10.5 Å². The fraction of sp³-hybridized carbons (Fsp3) is 0.417. The van der Waals surface area contributed by atoms with Crippen molar-refractivity contribution in [1.82, 2.24) is 0 Å². The molecular formula is C12H17N3O. The van der Waals surface area contributed by atoms with Crippen molar-refractivity contribution in [2.24, 2.45) is 4.99 Å². The molecule has 0 saturated carbocycles. The zero-order chi connectivity index (χ0) is 11.7. The third kappa shape index (κ3) is 2.10. The molecule has 0 aromatic heterocycles. The molecule has 0 saturated heterocycles. The van der Waals surface area contributed by atoms with Gasteiger partial charge in [0.05, 0.1) is 5.69 Å². The first-order valence-corrected chi connectivity index (χ1v) is 5.47. The average Bonchev–Trinajstić information content (AvgIpc) is 2.19. The highest BCUT2D eigenvalue weighted by atomic mass is 16.5. The molecule has 0 fully saturated rings. The lowest BCUT2D eigenvalue weighted by Crippen LogP contribution is -2.35. The van der Waals surface area contributed by atoms with Crippen LogP contribution in [0.5, 0.6) is 5.75 Å². The molecule has 1 atom stereocenters. The van der Waals surface area contributed by atoms with Crippen molar-refractivity contribution in [3.63, 3.8) is 0 Å². The summed E-state index contributed by atoms with van der Waals surface area (Å²) < 4.78 is 5.75. The number of nitrogens with one attached hydrogen (secondary N) is 1. The molecule has 1 heterocycles. The van der Waals surface area contributed by atoms with Crippen LogP contribution in [0.25, 0.3) is 0 Å². The molecule has 0 amide bonds. The summed E-state index contributed by atoms with van der Waals surface area (Å²) in [5, 5.41) is 3.27. The van der Waals surface area contributed by atoms with E-state index in [1.807, 2.05) is 39.0 Å². The molecule has 1 aliphatic heterocycles. The summed E-state index contributed by atoms with van der Waals surface area (Å²) in [7, 11) is 0. The number of fused-ring (bicyclic) bond motifs is 1. The number of rotatable bonds is 1. The molecule has 0 aliphatic carbocycles. The summed E-state index contributed by atoms with van der Waals surface area (Å²) in [6.45, 7) is 6.06. The van der Waals surface area contributed by atoms with Crippen molar-refractivity contribution in [3.05, 3.63) is 18.2 Å². The fourth-order valence-corrected chi connectivity index (χ4v) is 1.64. The predicted molar refractivity (Wildman–Crippen MR) is 67.1 cm³/mol. The Balaban J connectivity index is 2.32. The van der Waals surface area contributed by atoms with Crippen molar-refractivity contribution in [2.45, 2.75) is 32.9 Å². The van der Waals surface area contributed by atoms with Gasteiger partial charge in [-0.2, -0.15) is 0 Å². The molecule has 0 bridgehead atoms. The van der Waals surface area contributed by atoms with Gasteiger partial charge in [-0.05, 0) is 32.9 Å². The van der Waals surface area contributed by atoms with E-state index in [1.54, 1.807) is 0 Å². The summed E-state index contributed by atoms with van der Waals surface area (Å²) in [4.78, 5) is 4.49. The summed E-state index contributed by atoms with van der Waals surface area (Å²) in [6.07, 6.45) is -0.0586. The van der Waals surface area contributed by atoms with Crippen LogP contribution in [0.1, 0.15) is 20.8 Å². The second kappa shape index (κ2) is 4.04. The molecule has 1 unspecified atom stereocenters. The topological polar surface area (TPSA) is 59.6 Å². The lowest BCUT2D eigenvalue weighted by Gasteiger charge is -2.27. The predicted octanol–water partition coefficient (Wildman–Crippen LogP) is 2.27. The third-order valence-electron chi connectivity index (χ3n) is 2.35. The number of benzene rings is 1. The van der Waals surface area contributed by atoms with E-state index in [9.17, 15) is 0 Å². The monoisotopic (exact) mass is 219 g/mol. The quantitative estimate of drug-likeness (QED) is 0.712. The number of hydrogen-bond donors (Lipinski definition) is 2. The number of ether oxygens (including phenoxy) is 1. The largest absolute Gasteiger partial charge is 0.481 e. The van der Waals surface area contributed by atoms with Gasteiger partial charge in [0.25, 0.3) is 0 Å². The van der Waals surface area contributed by atoms with E-state index in [1.165, 1.54) is 0 Å². The number of nitrogens with two attached hydrogens (primary N) is 1. The van der Waals surface area contributed by atoms with Crippen LogP contribution in [0.15, 0.2) is 23.2 Å². The number of hydrogen-bond acceptors (Lipinski definition) is 3. The smallest absolute Gasteiger partial charge is 0.153 e. The minimum absolute atomic E-state index is 0.0586. The van der Waals surface area contributed by atoms with Gasteiger partial charge in [-0.25, -0.2) is 0 Å². The Morgan fingerprint density at radius 3 is 2.88 bits per heavy atom. The van der Waals surface area contributed by atoms with Gasteiger partial charge in [-0.3, -0.25) is 4.99 Å². The summed E-state index contributed by atoms with van der Waals surface area (Å²) in [5.74, 6) is 1.66. The van der Waals surface area contributed by atoms with Crippen LogP contribution in [0, 0.1) is 0 Å². The molecule has 1 aromatic rings. The van der Waals surface area contributed by atoms with Crippen molar-refractivity contribution < 1.29 is 4.74 Å². The van der Waals surface area contributed by atoms with Gasteiger partial charge in [0.15, 0.2) is 6.10 Å². The van der Waals surface area contributed by atoms with Crippen LogP contribution in [0.3, 0.4) is 0 Å². The van der Waals surface area contributed by atoms with Crippen LogP contribution >= 0.6 is 0 Å². The van der Waals surface area contributed by atoms with Crippen LogP contribution in [0.4, 0.5) is 11.4 Å². The lowest BCUT2D eigenvalue weighted by atomic mass is 10.2. The zero-order valence-electron chi connectivity index (χ0n) is 9.82. The number of nitrogen functional groups attached to an aromatic ring is 1. The van der Waals surface area contributed by atoms with E-state index < -0.39 is 0 Å². The number of amidine groups is 1. The Kier molecular flexibility index (Phi) is 2.73. The molecule has 16 heavy (non-hydrogen) atoms. The highest BCUT2D eigenvalue weighted by Gasteiger charge is 2.21. The van der Waals surface area contributed by atoms with Gasteiger partial charge >= 0.3 is 0 Å².